The third-order valence-electron chi connectivity index (χ3n) is 4.70. The van der Waals surface area contributed by atoms with Gasteiger partial charge in [0, 0.05) is 29.4 Å². The van der Waals surface area contributed by atoms with Gasteiger partial charge in [0.15, 0.2) is 0 Å². The van der Waals surface area contributed by atoms with Crippen LogP contribution in [0, 0.1) is 0 Å². The molecule has 3 aromatic rings. The number of halogens is 1. The first-order valence-electron chi connectivity index (χ1n) is 9.76. The molecule has 0 radical (unpaired) electrons. The standard InChI is InChI=1S/C21H21ClN4O3S/c22-16-7-5-15(6-8-16)20-25-26-21(29-20)30-13-18(27)24-12-14-9-10-23-19(11-14)28-17-3-1-2-4-17/h5-11,17H,1-4,12-13H2,(H,24,27). The summed E-state index contributed by atoms with van der Waals surface area (Å²) < 4.78 is 11.5. The molecule has 1 fully saturated rings. The van der Waals surface area contributed by atoms with Crippen LogP contribution >= 0.6 is 23.4 Å². The van der Waals surface area contributed by atoms with E-state index in [1.165, 1.54) is 24.6 Å². The summed E-state index contributed by atoms with van der Waals surface area (Å²) in [7, 11) is 0. The number of hydrogen-bond acceptors (Lipinski definition) is 7. The zero-order chi connectivity index (χ0) is 20.8. The Bertz CT molecular complexity index is 990. The highest BCUT2D eigenvalue weighted by atomic mass is 35.5. The topological polar surface area (TPSA) is 90.1 Å². The van der Waals surface area contributed by atoms with Gasteiger partial charge in [-0.15, -0.1) is 10.2 Å². The van der Waals surface area contributed by atoms with Gasteiger partial charge in [-0.3, -0.25) is 4.79 Å². The average Bonchev–Trinajstić information content (AvgIpc) is 3.44. The summed E-state index contributed by atoms with van der Waals surface area (Å²) >= 11 is 7.08. The number of carbonyl (C=O) groups is 1. The maximum Gasteiger partial charge on any atom is 0.277 e. The Morgan fingerprint density at radius 1 is 1.20 bits per heavy atom. The molecule has 9 heteroatoms. The van der Waals surface area contributed by atoms with Crippen LogP contribution in [-0.4, -0.2) is 32.9 Å². The van der Waals surface area contributed by atoms with Crippen LogP contribution in [0.3, 0.4) is 0 Å². The SMILES string of the molecule is O=C(CSc1nnc(-c2ccc(Cl)cc2)o1)NCc1ccnc(OC2CCCC2)c1. The molecule has 0 saturated heterocycles. The number of amides is 1. The van der Waals surface area contributed by atoms with Crippen LogP contribution < -0.4 is 10.1 Å². The molecule has 156 valence electrons. The monoisotopic (exact) mass is 444 g/mol. The highest BCUT2D eigenvalue weighted by Gasteiger charge is 2.17. The number of benzene rings is 1. The van der Waals surface area contributed by atoms with Crippen LogP contribution in [0.1, 0.15) is 31.2 Å². The maximum atomic E-state index is 12.2. The number of thioether (sulfide) groups is 1. The zero-order valence-corrected chi connectivity index (χ0v) is 17.8. The number of nitrogens with one attached hydrogen (secondary N) is 1. The first-order chi connectivity index (χ1) is 14.7. The molecule has 0 unspecified atom stereocenters. The fourth-order valence-corrected chi connectivity index (χ4v) is 3.88. The van der Waals surface area contributed by atoms with Crippen molar-refractivity contribution in [2.75, 3.05) is 5.75 Å². The van der Waals surface area contributed by atoms with E-state index in [1.807, 2.05) is 12.1 Å². The maximum absolute atomic E-state index is 12.2. The summed E-state index contributed by atoms with van der Waals surface area (Å²) in [5.74, 6) is 1.06. The normalized spacial score (nSPS) is 14.0. The zero-order valence-electron chi connectivity index (χ0n) is 16.2. The number of carbonyl (C=O) groups excluding carboxylic acids is 1. The van der Waals surface area contributed by atoms with Crippen molar-refractivity contribution in [2.24, 2.45) is 0 Å². The van der Waals surface area contributed by atoms with E-state index in [0.29, 0.717) is 28.6 Å². The summed E-state index contributed by atoms with van der Waals surface area (Å²) in [6.07, 6.45) is 6.53. The highest BCUT2D eigenvalue weighted by Crippen LogP contribution is 2.25. The van der Waals surface area contributed by atoms with E-state index in [0.717, 1.165) is 24.0 Å². The van der Waals surface area contributed by atoms with E-state index >= 15 is 0 Å². The van der Waals surface area contributed by atoms with E-state index in [9.17, 15) is 4.79 Å². The minimum atomic E-state index is -0.124. The van der Waals surface area contributed by atoms with Crippen molar-refractivity contribution in [1.29, 1.82) is 0 Å². The van der Waals surface area contributed by atoms with Gasteiger partial charge in [0.25, 0.3) is 5.22 Å². The summed E-state index contributed by atoms with van der Waals surface area (Å²) in [4.78, 5) is 16.4. The predicted molar refractivity (Wildman–Crippen MR) is 114 cm³/mol. The molecule has 0 bridgehead atoms. The van der Waals surface area contributed by atoms with E-state index in [1.54, 1.807) is 30.5 Å². The molecule has 0 spiro atoms. The van der Waals surface area contributed by atoms with Crippen molar-refractivity contribution < 1.29 is 13.9 Å². The molecule has 1 amide bonds. The fourth-order valence-electron chi connectivity index (χ4n) is 3.16. The molecule has 7 nitrogen and oxygen atoms in total. The van der Waals surface area contributed by atoms with E-state index in [-0.39, 0.29) is 17.8 Å². The molecule has 30 heavy (non-hydrogen) atoms. The minimum absolute atomic E-state index is 0.124. The third kappa shape index (κ3) is 5.73. The van der Waals surface area contributed by atoms with Gasteiger partial charge in [-0.25, -0.2) is 4.98 Å². The Morgan fingerprint density at radius 3 is 2.80 bits per heavy atom. The van der Waals surface area contributed by atoms with Crippen LogP contribution in [0.5, 0.6) is 5.88 Å². The lowest BCUT2D eigenvalue weighted by Gasteiger charge is -2.12. The first kappa shape index (κ1) is 20.7. The van der Waals surface area contributed by atoms with Gasteiger partial charge in [-0.05, 0) is 61.6 Å². The van der Waals surface area contributed by atoms with Crippen LogP contribution in [0.2, 0.25) is 5.02 Å². The summed E-state index contributed by atoms with van der Waals surface area (Å²) in [6.45, 7) is 0.406. The van der Waals surface area contributed by atoms with Crippen LogP contribution in [-0.2, 0) is 11.3 Å². The van der Waals surface area contributed by atoms with Crippen molar-refractivity contribution in [2.45, 2.75) is 43.6 Å². The quantitative estimate of drug-likeness (QED) is 0.511. The van der Waals surface area contributed by atoms with Crippen LogP contribution in [0.15, 0.2) is 52.2 Å². The summed E-state index contributed by atoms with van der Waals surface area (Å²) in [5, 5.41) is 11.8. The largest absolute Gasteiger partial charge is 0.474 e. The number of hydrogen-bond donors (Lipinski definition) is 1. The molecule has 2 aromatic heterocycles. The van der Waals surface area contributed by atoms with Crippen molar-refractivity contribution in [3.63, 3.8) is 0 Å². The lowest BCUT2D eigenvalue weighted by atomic mass is 10.2. The Morgan fingerprint density at radius 2 is 2.00 bits per heavy atom. The molecule has 1 aliphatic rings. The van der Waals surface area contributed by atoms with E-state index < -0.39 is 0 Å². The fraction of sp³-hybridized carbons (Fsp3) is 0.333. The second kappa shape index (κ2) is 9.95. The Labute approximate surface area is 183 Å². The van der Waals surface area contributed by atoms with E-state index in [2.05, 4.69) is 20.5 Å². The van der Waals surface area contributed by atoms with Gasteiger partial charge >= 0.3 is 0 Å². The molecule has 0 atom stereocenters. The van der Waals surface area contributed by atoms with Crippen molar-refractivity contribution in [1.82, 2.24) is 20.5 Å². The lowest BCUT2D eigenvalue weighted by Crippen LogP contribution is -2.24. The predicted octanol–water partition coefficient (Wildman–Crippen LogP) is 4.51. The highest BCUT2D eigenvalue weighted by molar-refractivity contribution is 7.99. The van der Waals surface area contributed by atoms with Crippen LogP contribution in [0.4, 0.5) is 0 Å². The molecular weight excluding hydrogens is 424 g/mol. The third-order valence-corrected chi connectivity index (χ3v) is 5.77. The van der Waals surface area contributed by atoms with E-state index in [4.69, 9.17) is 20.8 Å². The van der Waals surface area contributed by atoms with Crippen molar-refractivity contribution in [3.05, 3.63) is 53.2 Å². The van der Waals surface area contributed by atoms with Crippen molar-refractivity contribution in [3.8, 4) is 17.3 Å². The molecule has 2 heterocycles. The van der Waals surface area contributed by atoms with Crippen LogP contribution in [0.25, 0.3) is 11.5 Å². The molecule has 1 aromatic carbocycles. The van der Waals surface area contributed by atoms with Gasteiger partial charge in [-0.1, -0.05) is 23.4 Å². The minimum Gasteiger partial charge on any atom is -0.474 e. The summed E-state index contributed by atoms with van der Waals surface area (Å²) in [6, 6.07) is 10.9. The number of pyridine rings is 1. The second-order valence-corrected chi connectivity index (χ2v) is 8.34. The van der Waals surface area contributed by atoms with Gasteiger partial charge in [0.1, 0.15) is 6.10 Å². The Kier molecular flexibility index (Phi) is 6.86. The second-order valence-electron chi connectivity index (χ2n) is 6.97. The number of rotatable bonds is 8. The molecule has 1 saturated carbocycles. The number of aromatic nitrogens is 3. The average molecular weight is 445 g/mol. The van der Waals surface area contributed by atoms with Gasteiger partial charge in [-0.2, -0.15) is 0 Å². The van der Waals surface area contributed by atoms with Crippen molar-refractivity contribution >= 4 is 29.3 Å². The lowest BCUT2D eigenvalue weighted by molar-refractivity contribution is -0.118. The molecular formula is C21H21ClN4O3S. The summed E-state index contributed by atoms with van der Waals surface area (Å²) in [5.41, 5.74) is 1.72. The number of nitrogens with zero attached hydrogens (tertiary/aromatic N) is 3. The molecule has 4 rings (SSSR count). The molecule has 1 aliphatic carbocycles. The van der Waals surface area contributed by atoms with Gasteiger partial charge in [0.05, 0.1) is 5.75 Å². The smallest absolute Gasteiger partial charge is 0.277 e. The molecule has 0 aliphatic heterocycles. The van der Waals surface area contributed by atoms with Gasteiger partial charge in [0.2, 0.25) is 17.7 Å². The Balaban J connectivity index is 1.24. The molecule has 1 N–H and O–H groups in total. The Hall–Kier alpha value is -2.58. The first-order valence-corrected chi connectivity index (χ1v) is 11.1. The van der Waals surface area contributed by atoms with Gasteiger partial charge < -0.3 is 14.5 Å². The number of ether oxygens (including phenoxy) is 1.